The van der Waals surface area contributed by atoms with Crippen LogP contribution in [0.2, 0.25) is 0 Å². The lowest BCUT2D eigenvalue weighted by Gasteiger charge is -2.10. The molecule has 1 atom stereocenters. The quantitative estimate of drug-likeness (QED) is 0.870. The zero-order chi connectivity index (χ0) is 11.3. The molecule has 15 heavy (non-hydrogen) atoms. The molecular formula is C10H15BrN2OS. The van der Waals surface area contributed by atoms with Crippen LogP contribution in [0.5, 0.6) is 0 Å². The molecule has 1 amide bonds. The van der Waals surface area contributed by atoms with Gasteiger partial charge in [0.25, 0.3) is 0 Å². The van der Waals surface area contributed by atoms with Gasteiger partial charge in [-0.2, -0.15) is 0 Å². The standard InChI is InChI=1S/C10H15BrN2OS/c1-7(5-12)13-10(14)3-2-9-4-8(11)6-15-9/h4,6-7H,2-3,5,12H2,1H3,(H,13,14)/t7-/m1/s1. The molecule has 1 heterocycles. The zero-order valence-electron chi connectivity index (χ0n) is 8.63. The first-order valence-electron chi connectivity index (χ1n) is 4.84. The van der Waals surface area contributed by atoms with Gasteiger partial charge in [0.05, 0.1) is 0 Å². The van der Waals surface area contributed by atoms with Gasteiger partial charge in [0, 0.05) is 33.7 Å². The van der Waals surface area contributed by atoms with Gasteiger partial charge in [-0.3, -0.25) is 4.79 Å². The number of hydrogen-bond donors (Lipinski definition) is 2. The van der Waals surface area contributed by atoms with Crippen molar-refractivity contribution in [3.8, 4) is 0 Å². The lowest BCUT2D eigenvalue weighted by Crippen LogP contribution is -2.37. The molecule has 0 bridgehead atoms. The number of rotatable bonds is 5. The number of aryl methyl sites for hydroxylation is 1. The molecule has 0 aliphatic heterocycles. The van der Waals surface area contributed by atoms with Crippen LogP contribution in [-0.4, -0.2) is 18.5 Å². The van der Waals surface area contributed by atoms with Gasteiger partial charge in [-0.25, -0.2) is 0 Å². The Morgan fingerprint density at radius 1 is 1.73 bits per heavy atom. The Morgan fingerprint density at radius 3 is 3.00 bits per heavy atom. The monoisotopic (exact) mass is 290 g/mol. The molecule has 0 spiro atoms. The van der Waals surface area contributed by atoms with Crippen molar-refractivity contribution >= 4 is 33.2 Å². The summed E-state index contributed by atoms with van der Waals surface area (Å²) in [6, 6.07) is 2.11. The molecule has 0 aromatic carbocycles. The fraction of sp³-hybridized carbons (Fsp3) is 0.500. The SMILES string of the molecule is C[C@H](CN)NC(=O)CCc1cc(Br)cs1. The molecule has 0 fully saturated rings. The molecule has 0 saturated heterocycles. The van der Waals surface area contributed by atoms with Gasteiger partial charge < -0.3 is 11.1 Å². The summed E-state index contributed by atoms with van der Waals surface area (Å²) >= 11 is 5.05. The van der Waals surface area contributed by atoms with E-state index in [4.69, 9.17) is 5.73 Å². The highest BCUT2D eigenvalue weighted by molar-refractivity contribution is 9.10. The van der Waals surface area contributed by atoms with Crippen LogP contribution in [0.1, 0.15) is 18.2 Å². The van der Waals surface area contributed by atoms with Gasteiger partial charge in [-0.05, 0) is 35.3 Å². The van der Waals surface area contributed by atoms with Crippen molar-refractivity contribution in [2.75, 3.05) is 6.54 Å². The van der Waals surface area contributed by atoms with E-state index in [2.05, 4.69) is 21.2 Å². The Kier molecular flexibility index (Phi) is 5.28. The van der Waals surface area contributed by atoms with Crippen molar-refractivity contribution in [3.05, 3.63) is 20.8 Å². The maximum Gasteiger partial charge on any atom is 0.220 e. The van der Waals surface area contributed by atoms with Gasteiger partial charge in [0.1, 0.15) is 0 Å². The van der Waals surface area contributed by atoms with Crippen LogP contribution in [0, 0.1) is 0 Å². The summed E-state index contributed by atoms with van der Waals surface area (Å²) < 4.78 is 1.08. The van der Waals surface area contributed by atoms with E-state index in [1.807, 2.05) is 18.4 Å². The Labute approximate surface area is 102 Å². The van der Waals surface area contributed by atoms with E-state index in [1.165, 1.54) is 4.88 Å². The minimum atomic E-state index is 0.0626. The number of halogens is 1. The number of nitrogens with two attached hydrogens (primary N) is 1. The van der Waals surface area contributed by atoms with E-state index in [0.717, 1.165) is 10.9 Å². The molecule has 0 aliphatic rings. The number of thiophene rings is 1. The van der Waals surface area contributed by atoms with E-state index in [9.17, 15) is 4.79 Å². The summed E-state index contributed by atoms with van der Waals surface area (Å²) in [4.78, 5) is 12.6. The predicted octanol–water partition coefficient (Wildman–Crippen LogP) is 1.91. The van der Waals surface area contributed by atoms with Crippen LogP contribution < -0.4 is 11.1 Å². The van der Waals surface area contributed by atoms with Gasteiger partial charge in [0.15, 0.2) is 0 Å². The fourth-order valence-corrected chi connectivity index (χ4v) is 2.58. The maximum atomic E-state index is 11.4. The first-order chi connectivity index (χ1) is 7.11. The van der Waals surface area contributed by atoms with E-state index in [1.54, 1.807) is 11.3 Å². The smallest absolute Gasteiger partial charge is 0.220 e. The minimum absolute atomic E-state index is 0.0626. The first kappa shape index (κ1) is 12.7. The van der Waals surface area contributed by atoms with Crippen LogP contribution in [0.25, 0.3) is 0 Å². The van der Waals surface area contributed by atoms with Crippen molar-refractivity contribution < 1.29 is 4.79 Å². The van der Waals surface area contributed by atoms with Gasteiger partial charge in [-0.15, -0.1) is 11.3 Å². The van der Waals surface area contributed by atoms with Gasteiger partial charge in [0.2, 0.25) is 5.91 Å². The Bertz CT molecular complexity index is 327. The molecule has 1 aromatic heterocycles. The maximum absolute atomic E-state index is 11.4. The van der Waals surface area contributed by atoms with E-state index in [-0.39, 0.29) is 11.9 Å². The van der Waals surface area contributed by atoms with E-state index < -0.39 is 0 Å². The van der Waals surface area contributed by atoms with Crippen LogP contribution in [0.15, 0.2) is 15.9 Å². The molecular weight excluding hydrogens is 276 g/mol. The number of carbonyl (C=O) groups is 1. The average Bonchev–Trinajstić information content (AvgIpc) is 2.61. The normalized spacial score (nSPS) is 12.5. The minimum Gasteiger partial charge on any atom is -0.352 e. The zero-order valence-corrected chi connectivity index (χ0v) is 11.0. The first-order valence-corrected chi connectivity index (χ1v) is 6.51. The molecule has 84 valence electrons. The average molecular weight is 291 g/mol. The predicted molar refractivity (Wildman–Crippen MR) is 67.0 cm³/mol. The molecule has 0 unspecified atom stereocenters. The molecule has 1 rings (SSSR count). The second-order valence-corrected chi connectivity index (χ2v) is 5.35. The van der Waals surface area contributed by atoms with Crippen molar-refractivity contribution in [3.63, 3.8) is 0 Å². The van der Waals surface area contributed by atoms with Crippen LogP contribution >= 0.6 is 27.3 Å². The van der Waals surface area contributed by atoms with Gasteiger partial charge in [-0.1, -0.05) is 0 Å². The second kappa shape index (κ2) is 6.25. The number of nitrogens with one attached hydrogen (secondary N) is 1. The third-order valence-electron chi connectivity index (χ3n) is 1.98. The van der Waals surface area contributed by atoms with Crippen LogP contribution in [0.3, 0.4) is 0 Å². The van der Waals surface area contributed by atoms with Crippen LogP contribution in [0.4, 0.5) is 0 Å². The summed E-state index contributed by atoms with van der Waals surface area (Å²) in [6.45, 7) is 2.38. The highest BCUT2D eigenvalue weighted by atomic mass is 79.9. The third-order valence-corrected chi connectivity index (χ3v) is 3.74. The lowest BCUT2D eigenvalue weighted by atomic mass is 10.2. The molecule has 5 heteroatoms. The molecule has 3 nitrogen and oxygen atoms in total. The second-order valence-electron chi connectivity index (χ2n) is 3.44. The largest absolute Gasteiger partial charge is 0.352 e. The van der Waals surface area contributed by atoms with Crippen molar-refractivity contribution in [1.82, 2.24) is 5.32 Å². The highest BCUT2D eigenvalue weighted by Gasteiger charge is 2.06. The van der Waals surface area contributed by atoms with E-state index in [0.29, 0.717) is 13.0 Å². The summed E-state index contributed by atoms with van der Waals surface area (Å²) in [5, 5.41) is 4.86. The Balaban J connectivity index is 2.28. The Hall–Kier alpha value is -0.390. The van der Waals surface area contributed by atoms with Crippen molar-refractivity contribution in [2.24, 2.45) is 5.73 Å². The molecule has 0 aliphatic carbocycles. The summed E-state index contributed by atoms with van der Waals surface area (Å²) in [6.07, 6.45) is 1.32. The Morgan fingerprint density at radius 2 is 2.47 bits per heavy atom. The highest BCUT2D eigenvalue weighted by Crippen LogP contribution is 2.20. The summed E-state index contributed by atoms with van der Waals surface area (Å²) in [5.41, 5.74) is 5.41. The van der Waals surface area contributed by atoms with Crippen LogP contribution in [-0.2, 0) is 11.2 Å². The number of carbonyl (C=O) groups excluding carboxylic acids is 1. The number of hydrogen-bond acceptors (Lipinski definition) is 3. The fourth-order valence-electron chi connectivity index (χ4n) is 1.13. The lowest BCUT2D eigenvalue weighted by molar-refractivity contribution is -0.121. The van der Waals surface area contributed by atoms with Crippen molar-refractivity contribution in [1.29, 1.82) is 0 Å². The van der Waals surface area contributed by atoms with Gasteiger partial charge >= 0.3 is 0 Å². The van der Waals surface area contributed by atoms with E-state index >= 15 is 0 Å². The van der Waals surface area contributed by atoms with Crippen molar-refractivity contribution in [2.45, 2.75) is 25.8 Å². The molecule has 3 N–H and O–H groups in total. The topological polar surface area (TPSA) is 55.1 Å². The number of amides is 1. The summed E-state index contributed by atoms with van der Waals surface area (Å²) in [5.74, 6) is 0.0671. The molecule has 0 radical (unpaired) electrons. The molecule has 0 saturated carbocycles. The molecule has 1 aromatic rings. The third kappa shape index (κ3) is 4.77. The summed E-state index contributed by atoms with van der Waals surface area (Å²) in [7, 11) is 0.